The van der Waals surface area contributed by atoms with Crippen LogP contribution in [-0.4, -0.2) is 31.2 Å². The summed E-state index contributed by atoms with van der Waals surface area (Å²) >= 11 is 0. The number of carbonyl (C=O) groups is 1. The van der Waals surface area contributed by atoms with Gasteiger partial charge in [0.25, 0.3) is 0 Å². The maximum absolute atomic E-state index is 11.5. The molecule has 2 N–H and O–H groups in total. The number of rotatable bonds is 3. The van der Waals surface area contributed by atoms with Crippen molar-refractivity contribution in [1.82, 2.24) is 4.90 Å². The zero-order valence-corrected chi connectivity index (χ0v) is 10.8. The minimum Gasteiger partial charge on any atom is -0.450 e. The molecular weight excluding hydrogens is 228 g/mol. The van der Waals surface area contributed by atoms with Gasteiger partial charge in [-0.3, -0.25) is 0 Å². The van der Waals surface area contributed by atoms with Crippen molar-refractivity contribution >= 4 is 6.09 Å². The summed E-state index contributed by atoms with van der Waals surface area (Å²) in [7, 11) is 1.70. The van der Waals surface area contributed by atoms with Crippen molar-refractivity contribution in [3.63, 3.8) is 0 Å². The smallest absolute Gasteiger partial charge is 0.409 e. The van der Waals surface area contributed by atoms with Crippen LogP contribution in [0.3, 0.4) is 0 Å². The van der Waals surface area contributed by atoms with Crippen LogP contribution in [0.2, 0.25) is 0 Å². The SMILES string of the molecule is CCOC(=O)N(C)Cc1cccc(C#CCN)c1. The molecule has 0 atom stereocenters. The average molecular weight is 246 g/mol. The normalized spacial score (nSPS) is 9.28. The highest BCUT2D eigenvalue weighted by Gasteiger charge is 2.09. The number of amides is 1. The number of ether oxygens (including phenoxy) is 1. The molecule has 1 aromatic rings. The standard InChI is InChI=1S/C14H18N2O2/c1-3-18-14(17)16(2)11-13-7-4-6-12(10-13)8-5-9-15/h4,6-7,10H,3,9,11,15H2,1-2H3. The second-order valence-electron chi connectivity index (χ2n) is 3.76. The van der Waals surface area contributed by atoms with E-state index in [-0.39, 0.29) is 6.09 Å². The number of nitrogens with two attached hydrogens (primary N) is 1. The Morgan fingerprint density at radius 1 is 1.50 bits per heavy atom. The third kappa shape index (κ3) is 4.48. The van der Waals surface area contributed by atoms with Crippen molar-refractivity contribution < 1.29 is 9.53 Å². The Morgan fingerprint density at radius 2 is 2.28 bits per heavy atom. The number of hydrogen-bond acceptors (Lipinski definition) is 3. The van der Waals surface area contributed by atoms with Crippen LogP contribution < -0.4 is 5.73 Å². The summed E-state index contributed by atoms with van der Waals surface area (Å²) in [5.74, 6) is 5.76. The number of benzene rings is 1. The van der Waals surface area contributed by atoms with Crippen molar-refractivity contribution in [3.05, 3.63) is 35.4 Å². The van der Waals surface area contributed by atoms with Gasteiger partial charge >= 0.3 is 6.09 Å². The minimum absolute atomic E-state index is 0.323. The lowest BCUT2D eigenvalue weighted by Gasteiger charge is -2.16. The first-order valence-electron chi connectivity index (χ1n) is 5.83. The summed E-state index contributed by atoms with van der Waals surface area (Å²) in [4.78, 5) is 13.0. The summed E-state index contributed by atoms with van der Waals surface area (Å²) in [6, 6.07) is 7.72. The summed E-state index contributed by atoms with van der Waals surface area (Å²) in [6.45, 7) is 3.00. The van der Waals surface area contributed by atoms with Crippen molar-refractivity contribution in [2.24, 2.45) is 5.73 Å². The van der Waals surface area contributed by atoms with Gasteiger partial charge in [-0.25, -0.2) is 4.79 Å². The van der Waals surface area contributed by atoms with E-state index >= 15 is 0 Å². The van der Waals surface area contributed by atoms with E-state index in [0.717, 1.165) is 11.1 Å². The fourth-order valence-corrected chi connectivity index (χ4v) is 1.47. The Morgan fingerprint density at radius 3 is 2.94 bits per heavy atom. The molecule has 0 spiro atoms. The number of hydrogen-bond donors (Lipinski definition) is 1. The Balaban J connectivity index is 2.70. The molecule has 1 amide bonds. The molecule has 1 rings (SSSR count). The number of carbonyl (C=O) groups excluding carboxylic acids is 1. The molecule has 0 fully saturated rings. The minimum atomic E-state index is -0.323. The lowest BCUT2D eigenvalue weighted by atomic mass is 10.1. The summed E-state index contributed by atoms with van der Waals surface area (Å²) in [5.41, 5.74) is 7.23. The van der Waals surface area contributed by atoms with Crippen LogP contribution >= 0.6 is 0 Å². The molecule has 1 aromatic carbocycles. The first-order chi connectivity index (χ1) is 8.67. The molecule has 0 aromatic heterocycles. The van der Waals surface area contributed by atoms with Gasteiger partial charge in [0.1, 0.15) is 0 Å². The first kappa shape index (κ1) is 14.1. The van der Waals surface area contributed by atoms with Crippen LogP contribution in [0.5, 0.6) is 0 Å². The number of nitrogens with zero attached hydrogens (tertiary/aromatic N) is 1. The molecule has 0 radical (unpaired) electrons. The van der Waals surface area contributed by atoms with E-state index in [1.165, 1.54) is 4.90 Å². The third-order valence-corrected chi connectivity index (χ3v) is 2.26. The molecule has 0 aliphatic heterocycles. The summed E-state index contributed by atoms with van der Waals surface area (Å²) in [6.07, 6.45) is -0.323. The average Bonchev–Trinajstić information content (AvgIpc) is 2.37. The Kier molecular flexibility index (Phi) is 5.75. The Labute approximate surface area is 108 Å². The summed E-state index contributed by atoms with van der Waals surface area (Å²) in [5, 5.41) is 0. The van der Waals surface area contributed by atoms with Crippen LogP contribution in [-0.2, 0) is 11.3 Å². The van der Waals surface area contributed by atoms with Crippen molar-refractivity contribution in [3.8, 4) is 11.8 Å². The van der Waals surface area contributed by atoms with Crippen molar-refractivity contribution in [2.75, 3.05) is 20.2 Å². The molecule has 0 bridgehead atoms. The lowest BCUT2D eigenvalue weighted by molar-refractivity contribution is 0.114. The maximum Gasteiger partial charge on any atom is 0.409 e. The second-order valence-corrected chi connectivity index (χ2v) is 3.76. The van der Waals surface area contributed by atoms with E-state index in [9.17, 15) is 4.79 Å². The van der Waals surface area contributed by atoms with E-state index in [4.69, 9.17) is 10.5 Å². The molecule has 0 unspecified atom stereocenters. The second kappa shape index (κ2) is 7.36. The van der Waals surface area contributed by atoms with E-state index in [1.54, 1.807) is 14.0 Å². The highest BCUT2D eigenvalue weighted by Crippen LogP contribution is 2.07. The Hall–Kier alpha value is -1.99. The molecule has 18 heavy (non-hydrogen) atoms. The fourth-order valence-electron chi connectivity index (χ4n) is 1.47. The zero-order chi connectivity index (χ0) is 13.4. The van der Waals surface area contributed by atoms with Gasteiger partial charge in [0, 0.05) is 19.2 Å². The molecule has 0 saturated carbocycles. The maximum atomic E-state index is 11.5. The zero-order valence-electron chi connectivity index (χ0n) is 10.8. The van der Waals surface area contributed by atoms with Gasteiger partial charge in [-0.1, -0.05) is 24.0 Å². The predicted octanol–water partition coefficient (Wildman–Crippen LogP) is 1.59. The van der Waals surface area contributed by atoms with Gasteiger partial charge < -0.3 is 15.4 Å². The van der Waals surface area contributed by atoms with Crippen LogP contribution in [0.15, 0.2) is 24.3 Å². The van der Waals surface area contributed by atoms with Gasteiger partial charge in [-0.05, 0) is 24.6 Å². The first-order valence-corrected chi connectivity index (χ1v) is 5.83. The van der Waals surface area contributed by atoms with E-state index in [2.05, 4.69) is 11.8 Å². The van der Waals surface area contributed by atoms with Crippen LogP contribution in [0.1, 0.15) is 18.1 Å². The van der Waals surface area contributed by atoms with Crippen molar-refractivity contribution in [2.45, 2.75) is 13.5 Å². The van der Waals surface area contributed by atoms with Gasteiger partial charge in [0.05, 0.1) is 13.2 Å². The van der Waals surface area contributed by atoms with E-state index < -0.39 is 0 Å². The molecule has 0 aliphatic carbocycles. The molecule has 4 nitrogen and oxygen atoms in total. The molecule has 96 valence electrons. The molecule has 0 saturated heterocycles. The molecule has 0 heterocycles. The Bertz CT molecular complexity index is 460. The van der Waals surface area contributed by atoms with Crippen LogP contribution in [0.25, 0.3) is 0 Å². The quantitative estimate of drug-likeness (QED) is 0.824. The lowest BCUT2D eigenvalue weighted by Crippen LogP contribution is -2.26. The topological polar surface area (TPSA) is 55.6 Å². The largest absolute Gasteiger partial charge is 0.450 e. The monoisotopic (exact) mass is 246 g/mol. The van der Waals surface area contributed by atoms with E-state index in [0.29, 0.717) is 19.7 Å². The molecular formula is C14H18N2O2. The van der Waals surface area contributed by atoms with Gasteiger partial charge in [-0.15, -0.1) is 0 Å². The summed E-state index contributed by atoms with van der Waals surface area (Å²) < 4.78 is 4.91. The molecule has 0 aliphatic rings. The van der Waals surface area contributed by atoms with Crippen LogP contribution in [0.4, 0.5) is 4.79 Å². The van der Waals surface area contributed by atoms with Crippen molar-refractivity contribution in [1.29, 1.82) is 0 Å². The van der Waals surface area contributed by atoms with Gasteiger partial charge in [-0.2, -0.15) is 0 Å². The predicted molar refractivity (Wildman–Crippen MR) is 70.9 cm³/mol. The highest BCUT2D eigenvalue weighted by molar-refractivity contribution is 5.67. The van der Waals surface area contributed by atoms with E-state index in [1.807, 2.05) is 24.3 Å². The fraction of sp³-hybridized carbons (Fsp3) is 0.357. The van der Waals surface area contributed by atoms with Crippen LogP contribution in [0, 0.1) is 11.8 Å². The van der Waals surface area contributed by atoms with Gasteiger partial charge in [0.15, 0.2) is 0 Å². The van der Waals surface area contributed by atoms with Gasteiger partial charge in [0.2, 0.25) is 0 Å². The third-order valence-electron chi connectivity index (χ3n) is 2.26. The highest BCUT2D eigenvalue weighted by atomic mass is 16.5. The molecule has 4 heteroatoms.